The quantitative estimate of drug-likeness (QED) is 0.848. The van der Waals surface area contributed by atoms with E-state index in [2.05, 4.69) is 19.9 Å². The van der Waals surface area contributed by atoms with E-state index in [4.69, 9.17) is 4.74 Å². The molecule has 3 atom stereocenters. The number of hydrogen-bond donors (Lipinski definition) is 1. The molecule has 0 spiro atoms. The van der Waals surface area contributed by atoms with Crippen LogP contribution in [0.15, 0.2) is 24.3 Å². The van der Waals surface area contributed by atoms with Gasteiger partial charge in [0.15, 0.2) is 0 Å². The Labute approximate surface area is 97.3 Å². The highest BCUT2D eigenvalue weighted by Gasteiger charge is 2.50. The molecule has 0 saturated heterocycles. The van der Waals surface area contributed by atoms with Gasteiger partial charge in [-0.3, -0.25) is 0 Å². The van der Waals surface area contributed by atoms with E-state index in [-0.39, 0.29) is 11.5 Å². The number of aliphatic hydroxyl groups excluding tert-OH is 1. The molecule has 2 rings (SSSR count). The highest BCUT2D eigenvalue weighted by atomic mass is 16.5. The molecule has 1 aliphatic rings. The zero-order valence-electron chi connectivity index (χ0n) is 10.2. The molecular formula is C14H20O2. The minimum absolute atomic E-state index is 0.00856. The van der Waals surface area contributed by atoms with Crippen molar-refractivity contribution in [3.05, 3.63) is 29.8 Å². The molecule has 2 heteroatoms. The lowest BCUT2D eigenvalue weighted by atomic mass is 9.55. The van der Waals surface area contributed by atoms with Gasteiger partial charge >= 0.3 is 0 Å². The van der Waals surface area contributed by atoms with Crippen molar-refractivity contribution in [3.63, 3.8) is 0 Å². The molecule has 1 aromatic rings. The first kappa shape index (κ1) is 11.5. The maximum atomic E-state index is 9.92. The third-order valence-corrected chi connectivity index (χ3v) is 4.29. The topological polar surface area (TPSA) is 29.5 Å². The van der Waals surface area contributed by atoms with Crippen molar-refractivity contribution < 1.29 is 9.84 Å². The van der Waals surface area contributed by atoms with Crippen LogP contribution in [0.1, 0.15) is 38.2 Å². The molecule has 1 aliphatic carbocycles. The molecular weight excluding hydrogens is 200 g/mol. The SMILES string of the molecule is CCC1(C)C(O)CC1c1ccccc1OC. The van der Waals surface area contributed by atoms with Crippen LogP contribution in [0, 0.1) is 5.41 Å². The molecule has 2 nitrogen and oxygen atoms in total. The number of rotatable bonds is 3. The van der Waals surface area contributed by atoms with Crippen LogP contribution < -0.4 is 4.74 Å². The summed E-state index contributed by atoms with van der Waals surface area (Å²) >= 11 is 0. The lowest BCUT2D eigenvalue weighted by molar-refractivity contribution is -0.0782. The van der Waals surface area contributed by atoms with Crippen molar-refractivity contribution in [2.24, 2.45) is 5.41 Å². The Morgan fingerprint density at radius 3 is 2.69 bits per heavy atom. The van der Waals surface area contributed by atoms with Gasteiger partial charge in [0.2, 0.25) is 0 Å². The van der Waals surface area contributed by atoms with E-state index < -0.39 is 0 Å². The van der Waals surface area contributed by atoms with Crippen molar-refractivity contribution in [2.45, 2.75) is 38.7 Å². The van der Waals surface area contributed by atoms with Crippen LogP contribution in [0.5, 0.6) is 5.75 Å². The minimum atomic E-state index is -0.174. The van der Waals surface area contributed by atoms with Crippen LogP contribution in [0.2, 0.25) is 0 Å². The first-order chi connectivity index (χ1) is 7.63. The van der Waals surface area contributed by atoms with E-state index in [1.807, 2.05) is 18.2 Å². The summed E-state index contributed by atoms with van der Waals surface area (Å²) in [6, 6.07) is 8.14. The largest absolute Gasteiger partial charge is 0.496 e. The molecule has 1 N–H and O–H groups in total. The summed E-state index contributed by atoms with van der Waals surface area (Å²) < 4.78 is 5.39. The highest BCUT2D eigenvalue weighted by molar-refractivity contribution is 5.39. The number of methoxy groups -OCH3 is 1. The fraction of sp³-hybridized carbons (Fsp3) is 0.571. The summed E-state index contributed by atoms with van der Waals surface area (Å²) in [5, 5.41) is 9.92. The second-order valence-electron chi connectivity index (χ2n) is 4.91. The van der Waals surface area contributed by atoms with Gasteiger partial charge in [0.25, 0.3) is 0 Å². The lowest BCUT2D eigenvalue weighted by Crippen LogP contribution is -2.49. The Morgan fingerprint density at radius 1 is 1.44 bits per heavy atom. The average Bonchev–Trinajstić information content (AvgIpc) is 2.34. The average molecular weight is 220 g/mol. The number of para-hydroxylation sites is 1. The van der Waals surface area contributed by atoms with Gasteiger partial charge < -0.3 is 9.84 Å². The van der Waals surface area contributed by atoms with Crippen LogP contribution in [0.25, 0.3) is 0 Å². The second-order valence-corrected chi connectivity index (χ2v) is 4.91. The summed E-state index contributed by atoms with van der Waals surface area (Å²) in [5.74, 6) is 1.36. The monoisotopic (exact) mass is 220 g/mol. The van der Waals surface area contributed by atoms with Gasteiger partial charge in [0.05, 0.1) is 13.2 Å². The number of aliphatic hydroxyl groups is 1. The summed E-state index contributed by atoms with van der Waals surface area (Å²) in [4.78, 5) is 0. The van der Waals surface area contributed by atoms with Crippen molar-refractivity contribution in [1.82, 2.24) is 0 Å². The third-order valence-electron chi connectivity index (χ3n) is 4.29. The van der Waals surface area contributed by atoms with E-state index in [1.54, 1.807) is 7.11 Å². The summed E-state index contributed by atoms with van der Waals surface area (Å²) in [6.45, 7) is 4.31. The van der Waals surface area contributed by atoms with Crippen LogP contribution >= 0.6 is 0 Å². The summed E-state index contributed by atoms with van der Waals surface area (Å²) in [7, 11) is 1.71. The fourth-order valence-corrected chi connectivity index (χ4v) is 2.75. The Bertz CT molecular complexity index is 375. The van der Waals surface area contributed by atoms with Crippen molar-refractivity contribution in [1.29, 1.82) is 0 Å². The molecule has 0 aromatic heterocycles. The van der Waals surface area contributed by atoms with Crippen LogP contribution in [0.3, 0.4) is 0 Å². The zero-order chi connectivity index (χ0) is 11.8. The van der Waals surface area contributed by atoms with E-state index >= 15 is 0 Å². The summed E-state index contributed by atoms with van der Waals surface area (Å²) in [6.07, 6.45) is 1.68. The number of benzene rings is 1. The molecule has 16 heavy (non-hydrogen) atoms. The van der Waals surface area contributed by atoms with Gasteiger partial charge in [0.1, 0.15) is 5.75 Å². The first-order valence-corrected chi connectivity index (χ1v) is 5.94. The predicted octanol–water partition coefficient (Wildman–Crippen LogP) is 2.96. The Kier molecular flexibility index (Phi) is 2.94. The lowest BCUT2D eigenvalue weighted by Gasteiger charge is -2.52. The Hall–Kier alpha value is -1.02. The Morgan fingerprint density at radius 2 is 2.12 bits per heavy atom. The Balaban J connectivity index is 2.32. The normalized spacial score (nSPS) is 33.2. The molecule has 3 unspecified atom stereocenters. The van der Waals surface area contributed by atoms with Crippen molar-refractivity contribution in [2.75, 3.05) is 7.11 Å². The van der Waals surface area contributed by atoms with Crippen molar-refractivity contribution >= 4 is 0 Å². The van der Waals surface area contributed by atoms with Gasteiger partial charge in [-0.15, -0.1) is 0 Å². The molecule has 1 fully saturated rings. The zero-order valence-corrected chi connectivity index (χ0v) is 10.2. The standard InChI is InChI=1S/C14H20O2/c1-4-14(2)11(9-13(14)15)10-7-5-6-8-12(10)16-3/h5-8,11,13,15H,4,9H2,1-3H3. The number of hydrogen-bond acceptors (Lipinski definition) is 2. The van der Waals surface area contributed by atoms with Gasteiger partial charge in [-0.2, -0.15) is 0 Å². The van der Waals surface area contributed by atoms with Gasteiger partial charge in [-0.25, -0.2) is 0 Å². The van der Waals surface area contributed by atoms with Crippen LogP contribution in [-0.2, 0) is 0 Å². The first-order valence-electron chi connectivity index (χ1n) is 5.94. The van der Waals surface area contributed by atoms with Gasteiger partial charge in [-0.05, 0) is 30.4 Å². The molecule has 1 aromatic carbocycles. The third kappa shape index (κ3) is 1.52. The molecule has 88 valence electrons. The molecule has 0 bridgehead atoms. The van der Waals surface area contributed by atoms with Crippen LogP contribution in [0.4, 0.5) is 0 Å². The minimum Gasteiger partial charge on any atom is -0.496 e. The maximum Gasteiger partial charge on any atom is 0.122 e. The van der Waals surface area contributed by atoms with Gasteiger partial charge in [0, 0.05) is 5.41 Å². The van der Waals surface area contributed by atoms with E-state index in [1.165, 1.54) is 5.56 Å². The highest BCUT2D eigenvalue weighted by Crippen LogP contribution is 2.56. The molecule has 0 amide bonds. The smallest absolute Gasteiger partial charge is 0.122 e. The molecule has 0 aliphatic heterocycles. The van der Waals surface area contributed by atoms with E-state index in [0.717, 1.165) is 18.6 Å². The van der Waals surface area contributed by atoms with Crippen molar-refractivity contribution in [3.8, 4) is 5.75 Å². The number of ether oxygens (including phenoxy) is 1. The summed E-state index contributed by atoms with van der Waals surface area (Å²) in [5.41, 5.74) is 1.24. The fourth-order valence-electron chi connectivity index (χ4n) is 2.75. The molecule has 0 radical (unpaired) electrons. The van der Waals surface area contributed by atoms with Crippen LogP contribution in [-0.4, -0.2) is 18.3 Å². The maximum absolute atomic E-state index is 9.92. The van der Waals surface area contributed by atoms with Gasteiger partial charge in [-0.1, -0.05) is 32.0 Å². The van der Waals surface area contributed by atoms with E-state index in [9.17, 15) is 5.11 Å². The second kappa shape index (κ2) is 4.10. The molecule has 1 saturated carbocycles. The predicted molar refractivity (Wildman–Crippen MR) is 64.8 cm³/mol. The van der Waals surface area contributed by atoms with E-state index in [0.29, 0.717) is 5.92 Å². The molecule has 0 heterocycles.